The molecule has 1 nitrogen and oxygen atoms in total. The average Bonchev–Trinajstić information content (AvgIpc) is 2.30. The highest BCUT2D eigenvalue weighted by Gasteiger charge is 2.12. The molecule has 1 aromatic rings. The Bertz CT molecular complexity index is 287. The lowest BCUT2D eigenvalue weighted by atomic mass is 10.1. The molecule has 0 bridgehead atoms. The van der Waals surface area contributed by atoms with E-state index in [4.69, 9.17) is 0 Å². The van der Waals surface area contributed by atoms with Crippen LogP contribution in [0.25, 0.3) is 0 Å². The second-order valence-electron chi connectivity index (χ2n) is 4.03. The van der Waals surface area contributed by atoms with Gasteiger partial charge in [-0.3, -0.25) is 0 Å². The van der Waals surface area contributed by atoms with Crippen molar-refractivity contribution >= 4 is 5.69 Å². The van der Waals surface area contributed by atoms with E-state index in [1.165, 1.54) is 43.6 Å². The topological polar surface area (TPSA) is 3.24 Å². The molecule has 1 aliphatic rings. The van der Waals surface area contributed by atoms with Crippen molar-refractivity contribution in [2.24, 2.45) is 0 Å². The van der Waals surface area contributed by atoms with E-state index in [1.807, 2.05) is 0 Å². The minimum Gasteiger partial charge on any atom is -0.371 e. The SMILES string of the molecule is CCc1ccccc1N1CCCCC1. The third kappa shape index (κ3) is 1.92. The summed E-state index contributed by atoms with van der Waals surface area (Å²) in [6, 6.07) is 8.82. The van der Waals surface area contributed by atoms with Crippen molar-refractivity contribution in [1.82, 2.24) is 0 Å². The van der Waals surface area contributed by atoms with Crippen LogP contribution >= 0.6 is 0 Å². The lowest BCUT2D eigenvalue weighted by molar-refractivity contribution is 0.576. The molecular formula is C13H19N. The van der Waals surface area contributed by atoms with Gasteiger partial charge in [-0.15, -0.1) is 0 Å². The van der Waals surface area contributed by atoms with Crippen molar-refractivity contribution in [3.05, 3.63) is 29.8 Å². The van der Waals surface area contributed by atoms with Crippen LogP contribution < -0.4 is 4.90 Å². The maximum Gasteiger partial charge on any atom is 0.0398 e. The molecule has 14 heavy (non-hydrogen) atoms. The van der Waals surface area contributed by atoms with Gasteiger partial charge in [0.25, 0.3) is 0 Å². The van der Waals surface area contributed by atoms with Gasteiger partial charge in [-0.05, 0) is 37.3 Å². The van der Waals surface area contributed by atoms with Gasteiger partial charge in [-0.25, -0.2) is 0 Å². The predicted octanol–water partition coefficient (Wildman–Crippen LogP) is 3.24. The number of piperidine rings is 1. The fraction of sp³-hybridized carbons (Fsp3) is 0.538. The number of nitrogens with zero attached hydrogens (tertiary/aromatic N) is 1. The van der Waals surface area contributed by atoms with Crippen LogP contribution in [0.5, 0.6) is 0 Å². The summed E-state index contributed by atoms with van der Waals surface area (Å²) in [5.41, 5.74) is 2.96. The van der Waals surface area contributed by atoms with E-state index in [1.54, 1.807) is 0 Å². The van der Waals surface area contributed by atoms with Crippen LogP contribution in [-0.2, 0) is 6.42 Å². The zero-order valence-corrected chi connectivity index (χ0v) is 9.00. The number of aryl methyl sites for hydroxylation is 1. The number of hydrogen-bond acceptors (Lipinski definition) is 1. The van der Waals surface area contributed by atoms with Gasteiger partial charge >= 0.3 is 0 Å². The van der Waals surface area contributed by atoms with E-state index in [0.29, 0.717) is 0 Å². The molecular weight excluding hydrogens is 170 g/mol. The van der Waals surface area contributed by atoms with Gasteiger partial charge in [0.2, 0.25) is 0 Å². The summed E-state index contributed by atoms with van der Waals surface area (Å²) in [4.78, 5) is 2.54. The normalized spacial score (nSPS) is 17.1. The molecule has 2 rings (SSSR count). The minimum absolute atomic E-state index is 1.15. The molecule has 0 atom stereocenters. The Hall–Kier alpha value is -0.980. The lowest BCUT2D eigenvalue weighted by Gasteiger charge is -2.30. The molecule has 1 heterocycles. The third-order valence-electron chi connectivity index (χ3n) is 3.07. The molecule has 1 fully saturated rings. The highest BCUT2D eigenvalue weighted by molar-refractivity contribution is 5.53. The Balaban J connectivity index is 2.20. The number of rotatable bonds is 2. The maximum atomic E-state index is 2.54. The van der Waals surface area contributed by atoms with Gasteiger partial charge in [0.15, 0.2) is 0 Å². The highest BCUT2D eigenvalue weighted by atomic mass is 15.1. The fourth-order valence-corrected chi connectivity index (χ4v) is 2.25. The monoisotopic (exact) mass is 189 g/mol. The van der Waals surface area contributed by atoms with Gasteiger partial charge in [0, 0.05) is 18.8 Å². The zero-order chi connectivity index (χ0) is 9.80. The van der Waals surface area contributed by atoms with Crippen LogP contribution in [0.1, 0.15) is 31.7 Å². The summed E-state index contributed by atoms with van der Waals surface area (Å²) in [5, 5.41) is 0. The average molecular weight is 189 g/mol. The fourth-order valence-electron chi connectivity index (χ4n) is 2.25. The first-order valence-electron chi connectivity index (χ1n) is 5.74. The predicted molar refractivity (Wildman–Crippen MR) is 61.9 cm³/mol. The highest BCUT2D eigenvalue weighted by Crippen LogP contribution is 2.24. The van der Waals surface area contributed by atoms with Crippen LogP contribution in [0, 0.1) is 0 Å². The van der Waals surface area contributed by atoms with Gasteiger partial charge < -0.3 is 4.90 Å². The first kappa shape index (κ1) is 9.57. The molecule has 0 saturated carbocycles. The molecule has 0 unspecified atom stereocenters. The summed E-state index contributed by atoms with van der Waals surface area (Å²) in [6.45, 7) is 4.73. The van der Waals surface area contributed by atoms with Crippen LogP contribution in [0.4, 0.5) is 5.69 Å². The van der Waals surface area contributed by atoms with E-state index >= 15 is 0 Å². The molecule has 1 aliphatic heterocycles. The molecule has 1 heteroatoms. The number of para-hydroxylation sites is 1. The van der Waals surface area contributed by atoms with Gasteiger partial charge in [0.05, 0.1) is 0 Å². The van der Waals surface area contributed by atoms with Gasteiger partial charge in [0.1, 0.15) is 0 Å². The van der Waals surface area contributed by atoms with Crippen molar-refractivity contribution < 1.29 is 0 Å². The Labute approximate surface area is 86.7 Å². The van der Waals surface area contributed by atoms with Crippen molar-refractivity contribution in [2.45, 2.75) is 32.6 Å². The molecule has 0 N–H and O–H groups in total. The molecule has 0 aromatic heterocycles. The molecule has 1 aromatic carbocycles. The summed E-state index contributed by atoms with van der Waals surface area (Å²) in [5.74, 6) is 0. The number of hydrogen-bond donors (Lipinski definition) is 0. The molecule has 0 aliphatic carbocycles. The largest absolute Gasteiger partial charge is 0.371 e. The second kappa shape index (κ2) is 4.50. The van der Waals surface area contributed by atoms with Crippen LogP contribution in [-0.4, -0.2) is 13.1 Å². The standard InChI is InChI=1S/C13H19N/c1-2-12-8-4-5-9-13(12)14-10-6-3-7-11-14/h4-5,8-9H,2-3,6-7,10-11H2,1H3. The Morgan fingerprint density at radius 2 is 1.79 bits per heavy atom. The first-order chi connectivity index (χ1) is 6.92. The van der Waals surface area contributed by atoms with E-state index in [-0.39, 0.29) is 0 Å². The minimum atomic E-state index is 1.15. The molecule has 1 saturated heterocycles. The summed E-state index contributed by atoms with van der Waals surface area (Å²) in [6.07, 6.45) is 5.27. The van der Waals surface area contributed by atoms with Crippen LogP contribution in [0.2, 0.25) is 0 Å². The van der Waals surface area contributed by atoms with Crippen molar-refractivity contribution in [1.29, 1.82) is 0 Å². The van der Waals surface area contributed by atoms with Crippen molar-refractivity contribution in [3.63, 3.8) is 0 Å². The van der Waals surface area contributed by atoms with Gasteiger partial charge in [-0.2, -0.15) is 0 Å². The summed E-state index contributed by atoms with van der Waals surface area (Å²) < 4.78 is 0. The van der Waals surface area contributed by atoms with E-state index in [9.17, 15) is 0 Å². The van der Waals surface area contributed by atoms with Crippen molar-refractivity contribution in [2.75, 3.05) is 18.0 Å². The van der Waals surface area contributed by atoms with E-state index < -0.39 is 0 Å². The smallest absolute Gasteiger partial charge is 0.0398 e. The molecule has 76 valence electrons. The Morgan fingerprint density at radius 3 is 2.50 bits per heavy atom. The van der Waals surface area contributed by atoms with E-state index in [0.717, 1.165) is 6.42 Å². The lowest BCUT2D eigenvalue weighted by Crippen LogP contribution is -2.30. The van der Waals surface area contributed by atoms with Crippen molar-refractivity contribution in [3.8, 4) is 0 Å². The Kier molecular flexibility index (Phi) is 3.07. The van der Waals surface area contributed by atoms with Crippen LogP contribution in [0.15, 0.2) is 24.3 Å². The quantitative estimate of drug-likeness (QED) is 0.690. The number of benzene rings is 1. The number of anilines is 1. The first-order valence-corrected chi connectivity index (χ1v) is 5.74. The van der Waals surface area contributed by atoms with E-state index in [2.05, 4.69) is 36.1 Å². The molecule has 0 spiro atoms. The zero-order valence-electron chi connectivity index (χ0n) is 9.00. The molecule has 0 amide bonds. The molecule has 0 radical (unpaired) electrons. The maximum absolute atomic E-state index is 2.54. The second-order valence-corrected chi connectivity index (χ2v) is 4.03. The third-order valence-corrected chi connectivity index (χ3v) is 3.07. The summed E-state index contributed by atoms with van der Waals surface area (Å²) >= 11 is 0. The van der Waals surface area contributed by atoms with Crippen LogP contribution in [0.3, 0.4) is 0 Å². The Morgan fingerprint density at radius 1 is 1.07 bits per heavy atom. The van der Waals surface area contributed by atoms with Gasteiger partial charge in [-0.1, -0.05) is 25.1 Å². The summed E-state index contributed by atoms with van der Waals surface area (Å²) in [7, 11) is 0.